The van der Waals surface area contributed by atoms with E-state index in [4.69, 9.17) is 0 Å². The number of hydrogen-bond donors (Lipinski definition) is 0. The van der Waals surface area contributed by atoms with Crippen LogP contribution >= 0.6 is 0 Å². The van der Waals surface area contributed by atoms with Gasteiger partial charge in [-0.1, -0.05) is 81.9 Å². The van der Waals surface area contributed by atoms with E-state index in [1.165, 1.54) is 72.8 Å². The van der Waals surface area contributed by atoms with Gasteiger partial charge in [0.2, 0.25) is 0 Å². The number of rotatable bonds is 7. The summed E-state index contributed by atoms with van der Waals surface area (Å²) in [5.41, 5.74) is 12.2. The lowest BCUT2D eigenvalue weighted by Crippen LogP contribution is -2.27. The first-order chi connectivity index (χ1) is 13.1. The largest absolute Gasteiger partial charge is 0.0829 e. The molecular formula is C27H34. The van der Waals surface area contributed by atoms with Crippen LogP contribution in [0.4, 0.5) is 0 Å². The van der Waals surface area contributed by atoms with Crippen LogP contribution in [0, 0.1) is 20.8 Å². The van der Waals surface area contributed by atoms with Gasteiger partial charge in [0, 0.05) is 5.41 Å². The number of aryl methyl sites for hydroxylation is 3. The van der Waals surface area contributed by atoms with Gasteiger partial charge in [-0.05, 0) is 78.1 Å². The van der Waals surface area contributed by atoms with Gasteiger partial charge in [0.15, 0.2) is 0 Å². The van der Waals surface area contributed by atoms with Crippen LogP contribution in [0.2, 0.25) is 0 Å². The Morgan fingerprint density at radius 1 is 0.815 bits per heavy atom. The van der Waals surface area contributed by atoms with Crippen molar-refractivity contribution in [2.75, 3.05) is 0 Å². The van der Waals surface area contributed by atoms with Crippen LogP contribution in [0.3, 0.4) is 0 Å². The zero-order chi connectivity index (χ0) is 19.0. The van der Waals surface area contributed by atoms with Crippen LogP contribution in [-0.4, -0.2) is 0 Å². The molecule has 0 radical (unpaired) electrons. The maximum Gasteiger partial charge on any atom is 0.0397 e. The van der Waals surface area contributed by atoms with Crippen molar-refractivity contribution in [3.05, 3.63) is 69.8 Å². The van der Waals surface area contributed by atoms with Crippen LogP contribution in [0.25, 0.3) is 11.1 Å². The van der Waals surface area contributed by atoms with E-state index >= 15 is 0 Å². The number of benzene rings is 2. The lowest BCUT2D eigenvalue weighted by molar-refractivity contribution is 0.511. The summed E-state index contributed by atoms with van der Waals surface area (Å²) in [6.45, 7) is 9.12. The normalized spacial score (nSPS) is 19.3. The van der Waals surface area contributed by atoms with Crippen LogP contribution in [-0.2, 0) is 11.8 Å². The minimum Gasteiger partial charge on any atom is -0.0829 e. The molecule has 0 saturated carbocycles. The van der Waals surface area contributed by atoms with Crippen LogP contribution in [0.15, 0.2) is 36.4 Å². The zero-order valence-electron chi connectivity index (χ0n) is 17.6. The molecule has 0 spiro atoms. The monoisotopic (exact) mass is 358 g/mol. The summed E-state index contributed by atoms with van der Waals surface area (Å²) in [7, 11) is 0. The Morgan fingerprint density at radius 3 is 2.37 bits per heavy atom. The van der Waals surface area contributed by atoms with Crippen LogP contribution in [0.5, 0.6) is 0 Å². The molecule has 2 aliphatic carbocycles. The minimum atomic E-state index is 0.119. The van der Waals surface area contributed by atoms with Crippen molar-refractivity contribution in [1.82, 2.24) is 0 Å². The Labute approximate surface area is 165 Å². The maximum absolute atomic E-state index is 2.56. The highest BCUT2D eigenvalue weighted by atomic mass is 14.5. The molecule has 0 bridgehead atoms. The molecule has 0 saturated heterocycles. The number of hydrogen-bond acceptors (Lipinski definition) is 0. The van der Waals surface area contributed by atoms with Gasteiger partial charge in [0.1, 0.15) is 0 Å². The second-order valence-electron chi connectivity index (χ2n) is 8.86. The van der Waals surface area contributed by atoms with Crippen LogP contribution in [0.1, 0.15) is 85.3 Å². The van der Waals surface area contributed by atoms with Gasteiger partial charge in [-0.2, -0.15) is 0 Å². The molecule has 2 aromatic rings. The Morgan fingerprint density at radius 2 is 1.56 bits per heavy atom. The van der Waals surface area contributed by atoms with Crippen molar-refractivity contribution >= 4 is 0 Å². The summed E-state index contributed by atoms with van der Waals surface area (Å²) in [6.07, 6.45) is 15.6. The number of fused-ring (bicyclic) bond motifs is 3. The van der Waals surface area contributed by atoms with Crippen molar-refractivity contribution in [2.24, 2.45) is 0 Å². The van der Waals surface area contributed by atoms with E-state index in [1.54, 1.807) is 16.7 Å². The third kappa shape index (κ3) is 2.98. The highest BCUT2D eigenvalue weighted by molar-refractivity contribution is 5.85. The molecule has 142 valence electrons. The lowest BCUT2D eigenvalue weighted by Gasteiger charge is -2.34. The summed E-state index contributed by atoms with van der Waals surface area (Å²) >= 11 is 0. The van der Waals surface area contributed by atoms with Crippen LogP contribution < -0.4 is 0 Å². The predicted molar refractivity (Wildman–Crippen MR) is 118 cm³/mol. The van der Waals surface area contributed by atoms with Gasteiger partial charge in [0.25, 0.3) is 0 Å². The molecule has 0 heteroatoms. The summed E-state index contributed by atoms with van der Waals surface area (Å²) in [4.78, 5) is 0. The molecule has 0 aromatic heterocycles. The van der Waals surface area contributed by atoms with Crippen molar-refractivity contribution in [3.63, 3.8) is 0 Å². The van der Waals surface area contributed by atoms with E-state index in [1.807, 2.05) is 0 Å². The topological polar surface area (TPSA) is 0 Å². The summed E-state index contributed by atoms with van der Waals surface area (Å²) in [6, 6.07) is 9.68. The quantitative estimate of drug-likeness (QED) is 0.351. The first-order valence-corrected chi connectivity index (χ1v) is 11.0. The van der Waals surface area contributed by atoms with Crippen molar-refractivity contribution in [2.45, 2.75) is 84.5 Å². The summed E-state index contributed by atoms with van der Waals surface area (Å²) in [5.74, 6) is 0. The van der Waals surface area contributed by atoms with Gasteiger partial charge in [0.05, 0.1) is 0 Å². The van der Waals surface area contributed by atoms with E-state index in [-0.39, 0.29) is 5.41 Å². The van der Waals surface area contributed by atoms with E-state index in [9.17, 15) is 0 Å². The third-order valence-electron chi connectivity index (χ3n) is 7.05. The molecule has 0 N–H and O–H groups in total. The third-order valence-corrected chi connectivity index (χ3v) is 7.05. The zero-order valence-corrected chi connectivity index (χ0v) is 17.6. The Balaban J connectivity index is 1.75. The average molecular weight is 359 g/mol. The second kappa shape index (κ2) is 7.30. The average Bonchev–Trinajstić information content (AvgIpc) is 2.92. The van der Waals surface area contributed by atoms with Crippen molar-refractivity contribution in [1.29, 1.82) is 0 Å². The predicted octanol–water partition coefficient (Wildman–Crippen LogP) is 7.74. The lowest BCUT2D eigenvalue weighted by atomic mass is 9.69. The first kappa shape index (κ1) is 18.5. The van der Waals surface area contributed by atoms with Gasteiger partial charge < -0.3 is 0 Å². The Hall–Kier alpha value is -1.82. The Bertz CT molecular complexity index is 883. The first-order valence-electron chi connectivity index (χ1n) is 11.0. The van der Waals surface area contributed by atoms with Crippen molar-refractivity contribution in [3.8, 4) is 11.1 Å². The van der Waals surface area contributed by atoms with Gasteiger partial charge in [-0.25, -0.2) is 0 Å². The molecule has 1 atom stereocenters. The Kier molecular flexibility index (Phi) is 5.01. The van der Waals surface area contributed by atoms with Gasteiger partial charge in [-0.3, -0.25) is 0 Å². The molecule has 2 aliphatic rings. The molecular weight excluding hydrogens is 324 g/mol. The molecule has 2 aromatic carbocycles. The summed E-state index contributed by atoms with van der Waals surface area (Å²) in [5, 5.41) is 0. The molecule has 4 rings (SSSR count). The van der Waals surface area contributed by atoms with E-state index in [0.29, 0.717) is 0 Å². The fraction of sp³-hybridized carbons (Fsp3) is 0.481. The molecule has 1 unspecified atom stereocenters. The minimum absolute atomic E-state index is 0.119. The standard InChI is InChI=1S/C27H34/c1-5-6-7-8-9-10-15-27-16-11-12-22-19(2)13-14-23(26(22)27)24-17-20(3)21(4)18-25(24)27/h11,13-14,16-18H,5-10,12,15H2,1-4H3. The molecule has 0 aliphatic heterocycles. The number of allylic oxidation sites excluding steroid dienone is 2. The molecule has 0 fully saturated rings. The van der Waals surface area contributed by atoms with E-state index in [2.05, 4.69) is 64.1 Å². The van der Waals surface area contributed by atoms with Gasteiger partial charge >= 0.3 is 0 Å². The van der Waals surface area contributed by atoms with Crippen molar-refractivity contribution < 1.29 is 0 Å². The van der Waals surface area contributed by atoms with E-state index < -0.39 is 0 Å². The maximum atomic E-state index is 2.56. The number of unbranched alkanes of at least 4 members (excludes halogenated alkanes) is 5. The van der Waals surface area contributed by atoms with Gasteiger partial charge in [-0.15, -0.1) is 0 Å². The molecule has 0 heterocycles. The molecule has 0 amide bonds. The second-order valence-corrected chi connectivity index (χ2v) is 8.86. The highest BCUT2D eigenvalue weighted by Gasteiger charge is 2.44. The molecule has 27 heavy (non-hydrogen) atoms. The highest BCUT2D eigenvalue weighted by Crippen LogP contribution is 2.56. The van der Waals surface area contributed by atoms with E-state index in [0.717, 1.165) is 6.42 Å². The SMILES string of the molecule is CCCCCCCCC12C=CCc3c(C)ccc(c31)-c1cc(C)c(C)cc12. The smallest absolute Gasteiger partial charge is 0.0397 e. The summed E-state index contributed by atoms with van der Waals surface area (Å²) < 4.78 is 0. The fourth-order valence-corrected chi connectivity index (χ4v) is 5.37. The fourth-order valence-electron chi connectivity index (χ4n) is 5.37. The molecule has 0 nitrogen and oxygen atoms in total.